The van der Waals surface area contributed by atoms with Gasteiger partial charge in [0.05, 0.1) is 17.7 Å². The largest absolute Gasteiger partial charge is 0.478 e. The molecule has 0 spiro atoms. The normalized spacial score (nSPS) is 12.9. The molecule has 0 aliphatic rings. The Bertz CT molecular complexity index is 1250. The van der Waals surface area contributed by atoms with Crippen LogP contribution in [0, 0.1) is 11.8 Å². The molecule has 2 heterocycles. The van der Waals surface area contributed by atoms with E-state index >= 15 is 0 Å². The van der Waals surface area contributed by atoms with Crippen molar-refractivity contribution in [2.45, 2.75) is 85.7 Å². The third kappa shape index (κ3) is 8.85. The van der Waals surface area contributed by atoms with E-state index < -0.39 is 5.97 Å². The Kier molecular flexibility index (Phi) is 12.3. The maximum absolute atomic E-state index is 10.6. The van der Waals surface area contributed by atoms with Crippen molar-refractivity contribution in [1.82, 2.24) is 35.3 Å². The number of rotatable bonds is 15. The van der Waals surface area contributed by atoms with Crippen molar-refractivity contribution in [2.24, 2.45) is 11.8 Å². The Labute approximate surface area is 232 Å². The molecule has 9 heteroatoms. The van der Waals surface area contributed by atoms with Crippen molar-refractivity contribution < 1.29 is 9.90 Å². The van der Waals surface area contributed by atoms with E-state index in [1.165, 1.54) is 70.5 Å². The Balaban J connectivity index is 0.000000289. The first-order valence-corrected chi connectivity index (χ1v) is 14.5. The van der Waals surface area contributed by atoms with E-state index in [0.717, 1.165) is 29.5 Å². The second-order valence-corrected chi connectivity index (χ2v) is 10.4. The van der Waals surface area contributed by atoms with Gasteiger partial charge in [0.2, 0.25) is 0 Å². The average Bonchev–Trinajstić information content (AvgIpc) is 3.60. The van der Waals surface area contributed by atoms with Gasteiger partial charge in [0.25, 0.3) is 0 Å². The smallest absolute Gasteiger partial charge is 0.338 e. The van der Waals surface area contributed by atoms with E-state index in [9.17, 15) is 4.79 Å². The summed E-state index contributed by atoms with van der Waals surface area (Å²) in [4.78, 5) is 13.3. The minimum atomic E-state index is -0.991. The quantitative estimate of drug-likeness (QED) is 0.172. The molecule has 2 unspecified atom stereocenters. The number of aromatic nitrogens is 6. The average molecular weight is 536 g/mol. The van der Waals surface area contributed by atoms with Crippen molar-refractivity contribution in [3.05, 3.63) is 48.0 Å². The summed E-state index contributed by atoms with van der Waals surface area (Å²) in [5.74, 6) is 0.571. The summed E-state index contributed by atoms with van der Waals surface area (Å²) in [6, 6.07) is 13.1. The van der Waals surface area contributed by atoms with Gasteiger partial charge in [-0.2, -0.15) is 15.4 Å². The van der Waals surface area contributed by atoms with Crippen LogP contribution in [-0.2, 0) is 6.67 Å². The second-order valence-electron chi connectivity index (χ2n) is 10.4. The second kappa shape index (κ2) is 15.9. The minimum Gasteiger partial charge on any atom is -0.478 e. The number of carboxylic acids is 1. The van der Waals surface area contributed by atoms with Gasteiger partial charge in [-0.1, -0.05) is 89.6 Å². The van der Waals surface area contributed by atoms with Crippen LogP contribution in [0.25, 0.3) is 22.1 Å². The van der Waals surface area contributed by atoms with Crippen molar-refractivity contribution in [3.63, 3.8) is 0 Å². The van der Waals surface area contributed by atoms with Gasteiger partial charge in [0.15, 0.2) is 0 Å². The van der Waals surface area contributed by atoms with E-state index in [4.69, 9.17) is 5.11 Å². The topological polar surface area (TPSA) is 113 Å². The summed E-state index contributed by atoms with van der Waals surface area (Å²) in [7, 11) is 0. The first kappa shape index (κ1) is 30.2. The van der Waals surface area contributed by atoms with Crippen LogP contribution in [0.4, 0.5) is 0 Å². The van der Waals surface area contributed by atoms with E-state index in [-0.39, 0.29) is 5.56 Å². The highest BCUT2D eigenvalue weighted by Gasteiger charge is 2.18. The van der Waals surface area contributed by atoms with Crippen LogP contribution < -0.4 is 0 Å². The van der Waals surface area contributed by atoms with Gasteiger partial charge in [0, 0.05) is 13.1 Å². The lowest BCUT2D eigenvalue weighted by Gasteiger charge is -2.30. The number of aromatic carboxylic acids is 1. The molecule has 0 saturated carbocycles. The predicted molar refractivity (Wildman–Crippen MR) is 157 cm³/mol. The minimum absolute atomic E-state index is 0.168. The molecule has 0 aliphatic carbocycles. The Morgan fingerprint density at radius 3 is 2.15 bits per heavy atom. The monoisotopic (exact) mass is 535 g/mol. The standard InChI is InChI=1S/C23H40N4.C7H5N3O2/c1-5-9-13-20(7-3)17-26(18-21(8-4)14-10-6-2)19-27-23-16-12-11-15-22(23)24-25-27;11-7(12)4-2-1-3-5-6(4)9-10-8-5/h11-12,15-16,20-21H,5-10,13-14,17-19H2,1-4H3;1-3H,(H,11,12)(H,8,9,10). The maximum Gasteiger partial charge on any atom is 0.338 e. The molecule has 2 N–H and O–H groups in total. The fourth-order valence-corrected chi connectivity index (χ4v) is 5.01. The Morgan fingerprint density at radius 1 is 0.897 bits per heavy atom. The molecule has 0 fully saturated rings. The van der Waals surface area contributed by atoms with Crippen LogP contribution in [0.15, 0.2) is 42.5 Å². The number of hydrogen-bond donors (Lipinski definition) is 2. The molecule has 2 aromatic heterocycles. The molecule has 0 saturated heterocycles. The van der Waals surface area contributed by atoms with Gasteiger partial charge < -0.3 is 5.11 Å². The Hall–Kier alpha value is -3.33. The molecule has 2 aromatic carbocycles. The molecule has 212 valence electrons. The van der Waals surface area contributed by atoms with Crippen LogP contribution in [-0.4, -0.2) is 59.5 Å². The number of hydrogen-bond acceptors (Lipinski definition) is 6. The van der Waals surface area contributed by atoms with E-state index in [1.807, 2.05) is 6.07 Å². The Morgan fingerprint density at radius 2 is 1.54 bits per heavy atom. The number of para-hydroxylation sites is 2. The van der Waals surface area contributed by atoms with Crippen LogP contribution in [0.5, 0.6) is 0 Å². The zero-order valence-corrected chi connectivity index (χ0v) is 24.0. The van der Waals surface area contributed by atoms with Crippen molar-refractivity contribution in [3.8, 4) is 0 Å². The molecule has 39 heavy (non-hydrogen) atoms. The van der Waals surface area contributed by atoms with Crippen molar-refractivity contribution in [1.29, 1.82) is 0 Å². The number of benzene rings is 2. The fourth-order valence-electron chi connectivity index (χ4n) is 5.01. The summed E-state index contributed by atoms with van der Waals surface area (Å²) in [5.41, 5.74) is 3.26. The maximum atomic E-state index is 10.6. The van der Waals surface area contributed by atoms with Gasteiger partial charge in [-0.15, -0.1) is 5.10 Å². The lowest BCUT2D eigenvalue weighted by Crippen LogP contribution is -2.36. The van der Waals surface area contributed by atoms with Gasteiger partial charge in [-0.3, -0.25) is 4.90 Å². The predicted octanol–water partition coefficient (Wildman–Crippen LogP) is 6.78. The number of nitrogens with zero attached hydrogens (tertiary/aromatic N) is 6. The van der Waals surface area contributed by atoms with Crippen molar-refractivity contribution >= 4 is 28.0 Å². The molecule has 4 aromatic rings. The number of carbonyl (C=O) groups is 1. The van der Waals surface area contributed by atoms with Gasteiger partial charge in [-0.05, 0) is 48.9 Å². The fraction of sp³-hybridized carbons (Fsp3) is 0.567. The summed E-state index contributed by atoms with van der Waals surface area (Å²) < 4.78 is 2.09. The number of nitrogens with one attached hydrogen (secondary N) is 1. The third-order valence-corrected chi connectivity index (χ3v) is 7.45. The summed E-state index contributed by atoms with van der Waals surface area (Å²) in [6.07, 6.45) is 10.5. The van der Waals surface area contributed by atoms with E-state index in [1.54, 1.807) is 12.1 Å². The molecular formula is C30H45N7O2. The molecule has 9 nitrogen and oxygen atoms in total. The number of unbranched alkanes of at least 4 members (excludes halogenated alkanes) is 2. The first-order valence-electron chi connectivity index (χ1n) is 14.5. The third-order valence-electron chi connectivity index (χ3n) is 7.45. The highest BCUT2D eigenvalue weighted by Crippen LogP contribution is 2.20. The molecule has 0 amide bonds. The van der Waals surface area contributed by atoms with Gasteiger partial charge in [0.1, 0.15) is 16.6 Å². The number of aromatic amines is 1. The molecule has 0 aliphatic heterocycles. The number of H-pyrrole nitrogens is 1. The first-order chi connectivity index (χ1) is 19.0. The molecule has 0 bridgehead atoms. The van der Waals surface area contributed by atoms with Gasteiger partial charge >= 0.3 is 5.97 Å². The molecule has 0 radical (unpaired) electrons. The van der Waals surface area contributed by atoms with E-state index in [2.05, 4.69) is 81.2 Å². The SMILES string of the molecule is CCCCC(CC)CN(CC(CC)CCCC)Cn1nnc2ccccc21.O=C(O)c1cccc2n[nH]nc12. The zero-order chi connectivity index (χ0) is 28.0. The number of carboxylic acid groups (broad SMARTS) is 1. The van der Waals surface area contributed by atoms with Crippen molar-refractivity contribution in [2.75, 3.05) is 13.1 Å². The lowest BCUT2D eigenvalue weighted by molar-refractivity contribution is 0.0698. The van der Waals surface area contributed by atoms with Crippen LogP contribution in [0.1, 0.15) is 89.4 Å². The molecular weight excluding hydrogens is 490 g/mol. The van der Waals surface area contributed by atoms with Crippen LogP contribution >= 0.6 is 0 Å². The summed E-state index contributed by atoms with van der Waals surface area (Å²) in [5, 5.41) is 27.4. The lowest BCUT2D eigenvalue weighted by atomic mass is 9.96. The molecule has 2 atom stereocenters. The van der Waals surface area contributed by atoms with E-state index in [0.29, 0.717) is 11.0 Å². The van der Waals surface area contributed by atoms with Gasteiger partial charge in [-0.25, -0.2) is 9.48 Å². The number of fused-ring (bicyclic) bond motifs is 2. The van der Waals surface area contributed by atoms with Crippen LogP contribution in [0.3, 0.4) is 0 Å². The highest BCUT2D eigenvalue weighted by atomic mass is 16.4. The molecule has 4 rings (SSSR count). The van der Waals surface area contributed by atoms with Crippen LogP contribution in [0.2, 0.25) is 0 Å². The zero-order valence-electron chi connectivity index (χ0n) is 24.0. The highest BCUT2D eigenvalue weighted by molar-refractivity contribution is 6.00. The summed E-state index contributed by atoms with van der Waals surface area (Å²) in [6.45, 7) is 12.5. The summed E-state index contributed by atoms with van der Waals surface area (Å²) >= 11 is 0.